The molecule has 0 spiro atoms. The highest BCUT2D eigenvalue weighted by Gasteiger charge is 2.38. The fourth-order valence-electron chi connectivity index (χ4n) is 2.10. The molecule has 2 rings (SSSR count). The number of aromatic nitrogens is 2. The molecule has 1 aromatic heterocycles. The zero-order chi connectivity index (χ0) is 12.1. The number of hydrogen-bond donors (Lipinski definition) is 1. The van der Waals surface area contributed by atoms with Crippen LogP contribution in [-0.4, -0.2) is 29.5 Å². The molecule has 5 heteroatoms. The maximum Gasteiger partial charge on any atom is 0.230 e. The summed E-state index contributed by atoms with van der Waals surface area (Å²) in [4.78, 5) is 0. The van der Waals surface area contributed by atoms with E-state index in [-0.39, 0.29) is 5.60 Å². The fourth-order valence-corrected chi connectivity index (χ4v) is 2.10. The van der Waals surface area contributed by atoms with E-state index in [1.807, 2.05) is 0 Å². The molecule has 0 radical (unpaired) electrons. The molecule has 5 nitrogen and oxygen atoms in total. The molecule has 0 unspecified atom stereocenters. The van der Waals surface area contributed by atoms with Gasteiger partial charge >= 0.3 is 0 Å². The molecule has 1 N–H and O–H groups in total. The molecular formula is C12H21N3O2. The minimum absolute atomic E-state index is 0.0410. The summed E-state index contributed by atoms with van der Waals surface area (Å²) in [6.07, 6.45) is 5.26. The van der Waals surface area contributed by atoms with Crippen molar-refractivity contribution >= 4 is 0 Å². The van der Waals surface area contributed by atoms with Gasteiger partial charge in [-0.15, -0.1) is 10.2 Å². The van der Waals surface area contributed by atoms with E-state index in [1.165, 1.54) is 6.42 Å². The molecule has 0 aromatic carbocycles. The second-order valence-corrected chi connectivity index (χ2v) is 4.68. The number of rotatable bonds is 7. The van der Waals surface area contributed by atoms with Crippen LogP contribution in [0.4, 0.5) is 0 Å². The van der Waals surface area contributed by atoms with Crippen molar-refractivity contribution < 1.29 is 9.15 Å². The lowest BCUT2D eigenvalue weighted by atomic mass is 9.77. The molecule has 1 aliphatic rings. The predicted octanol–water partition coefficient (Wildman–Crippen LogP) is 1.68. The third kappa shape index (κ3) is 3.04. The molecule has 0 amide bonds. The average Bonchev–Trinajstić information content (AvgIpc) is 2.72. The average molecular weight is 239 g/mol. The molecule has 0 aliphatic heterocycles. The van der Waals surface area contributed by atoms with E-state index < -0.39 is 0 Å². The van der Waals surface area contributed by atoms with Crippen LogP contribution >= 0.6 is 0 Å². The number of hydrogen-bond acceptors (Lipinski definition) is 5. The van der Waals surface area contributed by atoms with Crippen molar-refractivity contribution in [2.24, 2.45) is 0 Å². The van der Waals surface area contributed by atoms with Gasteiger partial charge in [0.2, 0.25) is 11.8 Å². The quantitative estimate of drug-likeness (QED) is 0.734. The Bertz CT molecular complexity index is 342. The number of nitrogens with one attached hydrogen (secondary N) is 1. The first-order valence-corrected chi connectivity index (χ1v) is 6.35. The predicted molar refractivity (Wildman–Crippen MR) is 63.6 cm³/mol. The molecule has 96 valence electrons. The van der Waals surface area contributed by atoms with Gasteiger partial charge in [0.05, 0.1) is 18.6 Å². The summed E-state index contributed by atoms with van der Waals surface area (Å²) in [6, 6.07) is 0. The molecule has 0 bridgehead atoms. The highest BCUT2D eigenvalue weighted by Crippen LogP contribution is 2.37. The van der Waals surface area contributed by atoms with Crippen molar-refractivity contribution in [3.8, 4) is 0 Å². The largest absolute Gasteiger partial charge is 0.424 e. The van der Waals surface area contributed by atoms with Crippen molar-refractivity contribution in [2.45, 2.75) is 51.2 Å². The third-order valence-electron chi connectivity index (χ3n) is 3.38. The lowest BCUT2D eigenvalue weighted by Gasteiger charge is -2.39. The Morgan fingerprint density at radius 1 is 1.35 bits per heavy atom. The van der Waals surface area contributed by atoms with E-state index in [1.54, 1.807) is 7.11 Å². The number of ether oxygens (including phenoxy) is 1. The van der Waals surface area contributed by atoms with Crippen LogP contribution in [0.25, 0.3) is 0 Å². The van der Waals surface area contributed by atoms with Gasteiger partial charge in [0.1, 0.15) is 0 Å². The van der Waals surface area contributed by atoms with E-state index >= 15 is 0 Å². The second-order valence-electron chi connectivity index (χ2n) is 4.68. The molecule has 17 heavy (non-hydrogen) atoms. The van der Waals surface area contributed by atoms with Crippen LogP contribution in [0.2, 0.25) is 0 Å². The normalized spacial score (nSPS) is 18.0. The molecule has 0 atom stereocenters. The first-order valence-electron chi connectivity index (χ1n) is 6.35. The summed E-state index contributed by atoms with van der Waals surface area (Å²) >= 11 is 0. The summed E-state index contributed by atoms with van der Waals surface area (Å²) < 4.78 is 11.1. The zero-order valence-electron chi connectivity index (χ0n) is 10.7. The molecule has 1 heterocycles. The topological polar surface area (TPSA) is 60.2 Å². The first-order chi connectivity index (χ1) is 8.28. The number of nitrogens with zero attached hydrogens (tertiary/aromatic N) is 2. The van der Waals surface area contributed by atoms with Gasteiger partial charge in [0.15, 0.2) is 0 Å². The Morgan fingerprint density at radius 2 is 2.12 bits per heavy atom. The summed E-state index contributed by atoms with van der Waals surface area (Å²) in [5, 5.41) is 11.3. The number of methoxy groups -OCH3 is 1. The van der Waals surface area contributed by atoms with Crippen LogP contribution in [0.15, 0.2) is 4.42 Å². The van der Waals surface area contributed by atoms with Crippen LogP contribution in [0.5, 0.6) is 0 Å². The third-order valence-corrected chi connectivity index (χ3v) is 3.38. The molecule has 1 aromatic rings. The van der Waals surface area contributed by atoms with E-state index in [0.29, 0.717) is 18.3 Å². The van der Waals surface area contributed by atoms with E-state index in [9.17, 15) is 0 Å². The zero-order valence-corrected chi connectivity index (χ0v) is 10.7. The second kappa shape index (κ2) is 5.60. The lowest BCUT2D eigenvalue weighted by Crippen LogP contribution is -2.41. The van der Waals surface area contributed by atoms with Crippen LogP contribution in [0, 0.1) is 0 Å². The Labute approximate surface area is 102 Å². The van der Waals surface area contributed by atoms with Gasteiger partial charge in [-0.2, -0.15) is 0 Å². The van der Waals surface area contributed by atoms with E-state index in [4.69, 9.17) is 9.15 Å². The Morgan fingerprint density at radius 3 is 2.71 bits per heavy atom. The highest BCUT2D eigenvalue weighted by atomic mass is 16.5. The van der Waals surface area contributed by atoms with Gasteiger partial charge in [-0.05, 0) is 32.2 Å². The minimum atomic E-state index is -0.0410. The first kappa shape index (κ1) is 12.5. The molecule has 1 fully saturated rings. The van der Waals surface area contributed by atoms with E-state index in [2.05, 4.69) is 22.4 Å². The van der Waals surface area contributed by atoms with Gasteiger partial charge in [-0.1, -0.05) is 6.92 Å². The van der Waals surface area contributed by atoms with Gasteiger partial charge in [0, 0.05) is 7.11 Å². The Hall–Kier alpha value is -0.940. The molecule has 1 saturated carbocycles. The van der Waals surface area contributed by atoms with Crippen molar-refractivity contribution in [3.05, 3.63) is 11.8 Å². The lowest BCUT2D eigenvalue weighted by molar-refractivity contribution is -0.0747. The summed E-state index contributed by atoms with van der Waals surface area (Å²) in [6.45, 7) is 3.76. The minimum Gasteiger partial charge on any atom is -0.424 e. The summed E-state index contributed by atoms with van der Waals surface area (Å²) in [5.41, 5.74) is -0.0410. The SMILES string of the molecule is CCCNCc1nnc(CC2(OC)CCC2)o1. The van der Waals surface area contributed by atoms with Crippen molar-refractivity contribution in [3.63, 3.8) is 0 Å². The maximum absolute atomic E-state index is 5.60. The van der Waals surface area contributed by atoms with E-state index in [0.717, 1.165) is 32.2 Å². The fraction of sp³-hybridized carbons (Fsp3) is 0.833. The van der Waals surface area contributed by atoms with Crippen LogP contribution in [-0.2, 0) is 17.7 Å². The smallest absolute Gasteiger partial charge is 0.230 e. The van der Waals surface area contributed by atoms with Crippen molar-refractivity contribution in [2.75, 3.05) is 13.7 Å². The van der Waals surface area contributed by atoms with Gasteiger partial charge < -0.3 is 14.5 Å². The van der Waals surface area contributed by atoms with Crippen LogP contribution < -0.4 is 5.32 Å². The van der Waals surface area contributed by atoms with Gasteiger partial charge in [-0.3, -0.25) is 0 Å². The maximum atomic E-state index is 5.60. The van der Waals surface area contributed by atoms with Crippen molar-refractivity contribution in [1.29, 1.82) is 0 Å². The molecule has 0 saturated heterocycles. The molecular weight excluding hydrogens is 218 g/mol. The Kier molecular flexibility index (Phi) is 4.12. The standard InChI is InChI=1S/C12H21N3O2/c1-3-7-13-9-11-15-14-10(17-11)8-12(16-2)5-4-6-12/h13H,3-9H2,1-2H3. The van der Waals surface area contributed by atoms with Crippen molar-refractivity contribution in [1.82, 2.24) is 15.5 Å². The summed E-state index contributed by atoms with van der Waals surface area (Å²) in [5.74, 6) is 1.36. The van der Waals surface area contributed by atoms with Crippen LogP contribution in [0.3, 0.4) is 0 Å². The Balaban J connectivity index is 1.85. The van der Waals surface area contributed by atoms with Crippen LogP contribution in [0.1, 0.15) is 44.4 Å². The summed E-state index contributed by atoms with van der Waals surface area (Å²) in [7, 11) is 1.76. The highest BCUT2D eigenvalue weighted by molar-refractivity contribution is 4.97. The molecule has 1 aliphatic carbocycles. The van der Waals surface area contributed by atoms with Gasteiger partial charge in [-0.25, -0.2) is 0 Å². The monoisotopic (exact) mass is 239 g/mol. The van der Waals surface area contributed by atoms with Gasteiger partial charge in [0.25, 0.3) is 0 Å².